The smallest absolute Gasteiger partial charge is 0.336 e. The minimum absolute atomic E-state index is 0.182. The molecule has 7 heteroatoms. The van der Waals surface area contributed by atoms with Crippen molar-refractivity contribution in [2.24, 2.45) is 0 Å². The minimum Gasteiger partial charge on any atom is -0.336 e. The van der Waals surface area contributed by atoms with Gasteiger partial charge in [0.05, 0.1) is 0 Å². The van der Waals surface area contributed by atoms with Gasteiger partial charge >= 0.3 is 6.18 Å². The van der Waals surface area contributed by atoms with Crippen LogP contribution in [-0.4, -0.2) is 27.1 Å². The van der Waals surface area contributed by atoms with Gasteiger partial charge in [-0.3, -0.25) is 9.48 Å². The summed E-state index contributed by atoms with van der Waals surface area (Å²) in [6.07, 6.45) is -2.55. The third-order valence-corrected chi connectivity index (χ3v) is 3.71. The molecule has 0 aliphatic carbocycles. The number of benzene rings is 1. The lowest BCUT2D eigenvalue weighted by Gasteiger charge is -2.28. The Morgan fingerprint density at radius 3 is 2.59 bits per heavy atom. The fraction of sp³-hybridized carbons (Fsp3) is 0.333. The first-order chi connectivity index (χ1) is 10.4. The molecule has 1 aliphatic heterocycles. The summed E-state index contributed by atoms with van der Waals surface area (Å²) >= 11 is 0. The number of hydrogen-bond acceptors (Lipinski definition) is 2. The number of amides is 1. The average molecular weight is 309 g/mol. The number of rotatable bonds is 2. The third-order valence-electron chi connectivity index (χ3n) is 3.71. The average Bonchev–Trinajstić information content (AvgIpc) is 2.95. The van der Waals surface area contributed by atoms with Gasteiger partial charge in [-0.1, -0.05) is 24.3 Å². The zero-order chi connectivity index (χ0) is 15.7. The summed E-state index contributed by atoms with van der Waals surface area (Å²) in [4.78, 5) is 13.9. The minimum atomic E-state index is -4.49. The van der Waals surface area contributed by atoms with Gasteiger partial charge in [0.15, 0.2) is 5.69 Å². The highest BCUT2D eigenvalue weighted by Crippen LogP contribution is 2.27. The van der Waals surface area contributed by atoms with Crippen LogP contribution < -0.4 is 0 Å². The van der Waals surface area contributed by atoms with E-state index in [2.05, 4.69) is 5.10 Å². The van der Waals surface area contributed by atoms with E-state index in [1.54, 1.807) is 4.90 Å². The predicted octanol–water partition coefficient (Wildman–Crippen LogP) is 2.49. The first-order valence-electron chi connectivity index (χ1n) is 6.89. The summed E-state index contributed by atoms with van der Waals surface area (Å²) in [5.74, 6) is -0.230. The van der Waals surface area contributed by atoms with Crippen LogP contribution in [-0.2, 0) is 30.5 Å². The van der Waals surface area contributed by atoms with Gasteiger partial charge in [-0.15, -0.1) is 0 Å². The SMILES string of the molecule is O=C(Cn1ccc(C(F)(F)F)n1)N1CCc2ccccc2C1. The van der Waals surface area contributed by atoms with E-state index >= 15 is 0 Å². The van der Waals surface area contributed by atoms with Crippen molar-refractivity contribution >= 4 is 5.91 Å². The molecule has 0 radical (unpaired) electrons. The maximum atomic E-state index is 12.5. The molecule has 0 unspecified atom stereocenters. The molecule has 0 saturated heterocycles. The van der Waals surface area contributed by atoms with E-state index in [1.807, 2.05) is 24.3 Å². The molecule has 2 aromatic rings. The zero-order valence-corrected chi connectivity index (χ0v) is 11.7. The number of hydrogen-bond donors (Lipinski definition) is 0. The molecule has 4 nitrogen and oxygen atoms in total. The van der Waals surface area contributed by atoms with Crippen LogP contribution in [0, 0.1) is 0 Å². The van der Waals surface area contributed by atoms with Crippen molar-refractivity contribution in [3.63, 3.8) is 0 Å². The number of halogens is 3. The van der Waals surface area contributed by atoms with E-state index < -0.39 is 11.9 Å². The van der Waals surface area contributed by atoms with E-state index in [4.69, 9.17) is 0 Å². The lowest BCUT2D eigenvalue weighted by Crippen LogP contribution is -2.38. The van der Waals surface area contributed by atoms with Gasteiger partial charge in [-0.25, -0.2) is 0 Å². The number of fused-ring (bicyclic) bond motifs is 1. The molecule has 0 saturated carbocycles. The summed E-state index contributed by atoms with van der Waals surface area (Å²) in [5.41, 5.74) is 1.31. The Kier molecular flexibility index (Phi) is 3.64. The highest BCUT2D eigenvalue weighted by atomic mass is 19.4. The third kappa shape index (κ3) is 2.98. The van der Waals surface area contributed by atoms with Crippen LogP contribution >= 0.6 is 0 Å². The Morgan fingerprint density at radius 1 is 1.18 bits per heavy atom. The normalized spacial score (nSPS) is 14.8. The van der Waals surface area contributed by atoms with E-state index in [0.29, 0.717) is 13.1 Å². The Hall–Kier alpha value is -2.31. The Balaban J connectivity index is 1.67. The van der Waals surface area contributed by atoms with Gasteiger partial charge in [0, 0.05) is 19.3 Å². The maximum Gasteiger partial charge on any atom is 0.435 e. The Labute approximate surface area is 125 Å². The summed E-state index contributed by atoms with van der Waals surface area (Å²) < 4.78 is 38.5. The summed E-state index contributed by atoms with van der Waals surface area (Å²) in [7, 11) is 0. The zero-order valence-electron chi connectivity index (χ0n) is 11.7. The molecule has 116 valence electrons. The van der Waals surface area contributed by atoms with Gasteiger partial charge in [0.25, 0.3) is 0 Å². The second kappa shape index (κ2) is 5.47. The van der Waals surface area contributed by atoms with E-state index in [9.17, 15) is 18.0 Å². The first-order valence-corrected chi connectivity index (χ1v) is 6.89. The number of aromatic nitrogens is 2. The molecular formula is C15H14F3N3O. The molecule has 1 aliphatic rings. The fourth-order valence-electron chi connectivity index (χ4n) is 2.55. The number of carbonyl (C=O) groups is 1. The topological polar surface area (TPSA) is 38.1 Å². The van der Waals surface area contributed by atoms with Crippen molar-refractivity contribution in [2.75, 3.05) is 6.54 Å². The van der Waals surface area contributed by atoms with Crippen molar-refractivity contribution in [1.29, 1.82) is 0 Å². The monoisotopic (exact) mass is 309 g/mol. The molecular weight excluding hydrogens is 295 g/mol. The second-order valence-electron chi connectivity index (χ2n) is 5.23. The van der Waals surface area contributed by atoms with Gasteiger partial charge in [0.1, 0.15) is 6.54 Å². The molecule has 1 amide bonds. The molecule has 22 heavy (non-hydrogen) atoms. The van der Waals surface area contributed by atoms with E-state index in [0.717, 1.165) is 22.7 Å². The van der Waals surface area contributed by atoms with Crippen LogP contribution in [0.3, 0.4) is 0 Å². The molecule has 0 bridgehead atoms. The lowest BCUT2D eigenvalue weighted by atomic mass is 10.00. The number of carbonyl (C=O) groups excluding carboxylic acids is 1. The van der Waals surface area contributed by atoms with E-state index in [1.165, 1.54) is 11.8 Å². The summed E-state index contributed by atoms with van der Waals surface area (Å²) in [6.45, 7) is 0.879. The quantitative estimate of drug-likeness (QED) is 0.855. The standard InChI is InChI=1S/C15H14F3N3O/c16-15(17,18)13-6-8-21(19-13)10-14(22)20-7-5-11-3-1-2-4-12(11)9-20/h1-4,6,8H,5,7,9-10H2. The van der Waals surface area contributed by atoms with Crippen LogP contribution in [0.1, 0.15) is 16.8 Å². The molecule has 3 rings (SSSR count). The van der Waals surface area contributed by atoms with Crippen LogP contribution in [0.5, 0.6) is 0 Å². The van der Waals surface area contributed by atoms with Crippen molar-refractivity contribution in [3.8, 4) is 0 Å². The fourth-order valence-corrected chi connectivity index (χ4v) is 2.55. The number of alkyl halides is 3. The van der Waals surface area contributed by atoms with Gasteiger partial charge in [0.2, 0.25) is 5.91 Å². The molecule has 0 N–H and O–H groups in total. The highest BCUT2D eigenvalue weighted by Gasteiger charge is 2.33. The molecule has 1 aromatic carbocycles. The summed E-state index contributed by atoms with van der Waals surface area (Å²) in [5, 5.41) is 3.40. The largest absolute Gasteiger partial charge is 0.435 e. The number of nitrogens with zero attached hydrogens (tertiary/aromatic N) is 3. The molecule has 0 fully saturated rings. The molecule has 2 heterocycles. The van der Waals surface area contributed by atoms with Crippen molar-refractivity contribution in [1.82, 2.24) is 14.7 Å². The molecule has 0 atom stereocenters. The second-order valence-corrected chi connectivity index (χ2v) is 5.23. The Morgan fingerprint density at radius 2 is 1.91 bits per heavy atom. The first kappa shape index (κ1) is 14.6. The van der Waals surface area contributed by atoms with Crippen molar-refractivity contribution < 1.29 is 18.0 Å². The van der Waals surface area contributed by atoms with Crippen molar-refractivity contribution in [3.05, 3.63) is 53.3 Å². The van der Waals surface area contributed by atoms with Crippen LogP contribution in [0.4, 0.5) is 13.2 Å². The summed E-state index contributed by atoms with van der Waals surface area (Å²) in [6, 6.07) is 8.73. The van der Waals surface area contributed by atoms with Gasteiger partial charge < -0.3 is 4.90 Å². The van der Waals surface area contributed by atoms with Crippen LogP contribution in [0.25, 0.3) is 0 Å². The Bertz CT molecular complexity index is 693. The maximum absolute atomic E-state index is 12.5. The molecule has 0 spiro atoms. The van der Waals surface area contributed by atoms with Crippen LogP contribution in [0.15, 0.2) is 36.5 Å². The van der Waals surface area contributed by atoms with Gasteiger partial charge in [-0.05, 0) is 23.6 Å². The molecule has 1 aromatic heterocycles. The van der Waals surface area contributed by atoms with E-state index in [-0.39, 0.29) is 12.5 Å². The lowest BCUT2D eigenvalue weighted by molar-refractivity contribution is -0.142. The predicted molar refractivity (Wildman–Crippen MR) is 72.8 cm³/mol. The highest BCUT2D eigenvalue weighted by molar-refractivity contribution is 5.76. The van der Waals surface area contributed by atoms with Gasteiger partial charge in [-0.2, -0.15) is 18.3 Å². The van der Waals surface area contributed by atoms with Crippen molar-refractivity contribution in [2.45, 2.75) is 25.7 Å². The van der Waals surface area contributed by atoms with Crippen LogP contribution in [0.2, 0.25) is 0 Å².